The number of halogens is 2. The number of aryl methyl sites for hydroxylation is 1. The largest absolute Gasteiger partial charge is 0.496 e. The topological polar surface area (TPSA) is 91.5 Å². The zero-order valence-corrected chi connectivity index (χ0v) is 16.9. The fourth-order valence-corrected chi connectivity index (χ4v) is 2.96. The standard InChI is InChI=1S/C20H16BrFN2O5/c1-27-17-7-4-13(10-15(17)21)16(25)11-28-19(26)9-8-18-23-20(24-29-18)12-2-5-14(22)6-3-12/h2-7,10H,8-9,11H2,1H3. The first-order valence-corrected chi connectivity index (χ1v) is 9.36. The van der Waals surface area contributed by atoms with Crippen LogP contribution in [-0.4, -0.2) is 35.6 Å². The van der Waals surface area contributed by atoms with Gasteiger partial charge in [0.15, 0.2) is 12.4 Å². The average Bonchev–Trinajstić information content (AvgIpc) is 3.20. The predicted molar refractivity (Wildman–Crippen MR) is 104 cm³/mol. The minimum Gasteiger partial charge on any atom is -0.496 e. The van der Waals surface area contributed by atoms with Crippen molar-refractivity contribution >= 4 is 27.7 Å². The summed E-state index contributed by atoms with van der Waals surface area (Å²) in [6.45, 7) is -0.373. The molecule has 29 heavy (non-hydrogen) atoms. The number of ketones is 1. The molecule has 0 aliphatic heterocycles. The lowest BCUT2D eigenvalue weighted by atomic mass is 10.1. The number of carbonyl (C=O) groups is 2. The number of ether oxygens (including phenoxy) is 2. The van der Waals surface area contributed by atoms with Crippen molar-refractivity contribution in [1.29, 1.82) is 0 Å². The molecule has 150 valence electrons. The normalized spacial score (nSPS) is 10.6. The second-order valence-corrected chi connectivity index (χ2v) is 6.81. The van der Waals surface area contributed by atoms with Crippen LogP contribution in [0.3, 0.4) is 0 Å². The lowest BCUT2D eigenvalue weighted by Gasteiger charge is -2.06. The fourth-order valence-electron chi connectivity index (χ4n) is 2.42. The zero-order valence-electron chi connectivity index (χ0n) is 15.4. The minimum atomic E-state index is -0.563. The highest BCUT2D eigenvalue weighted by atomic mass is 79.9. The van der Waals surface area contributed by atoms with Crippen LogP contribution in [0.2, 0.25) is 0 Å². The molecule has 0 fully saturated rings. The Morgan fingerprint density at radius 3 is 2.62 bits per heavy atom. The Morgan fingerprint density at radius 2 is 1.93 bits per heavy atom. The average molecular weight is 463 g/mol. The number of hydrogen-bond acceptors (Lipinski definition) is 7. The van der Waals surface area contributed by atoms with E-state index in [4.69, 9.17) is 14.0 Å². The molecule has 0 atom stereocenters. The molecule has 0 amide bonds. The lowest BCUT2D eigenvalue weighted by molar-refractivity contribution is -0.142. The number of rotatable bonds is 8. The maximum Gasteiger partial charge on any atom is 0.306 e. The third-order valence-corrected chi connectivity index (χ3v) is 4.57. The van der Waals surface area contributed by atoms with Crippen LogP contribution >= 0.6 is 15.9 Å². The highest BCUT2D eigenvalue weighted by molar-refractivity contribution is 9.10. The first kappa shape index (κ1) is 20.7. The Hall–Kier alpha value is -3.07. The maximum atomic E-state index is 13.0. The third-order valence-electron chi connectivity index (χ3n) is 3.95. The van der Waals surface area contributed by atoms with Gasteiger partial charge in [0.1, 0.15) is 11.6 Å². The van der Waals surface area contributed by atoms with Crippen molar-refractivity contribution < 1.29 is 28.0 Å². The molecule has 0 aliphatic carbocycles. The van der Waals surface area contributed by atoms with Crippen LogP contribution in [0.4, 0.5) is 4.39 Å². The predicted octanol–water partition coefficient (Wildman–Crippen LogP) is 4.01. The number of benzene rings is 2. The molecule has 7 nitrogen and oxygen atoms in total. The molecule has 2 aromatic carbocycles. The molecule has 0 bridgehead atoms. The Kier molecular flexibility index (Phi) is 6.71. The van der Waals surface area contributed by atoms with E-state index < -0.39 is 5.97 Å². The quantitative estimate of drug-likeness (QED) is 0.368. The van der Waals surface area contributed by atoms with Gasteiger partial charge in [-0.05, 0) is 58.4 Å². The van der Waals surface area contributed by atoms with E-state index >= 15 is 0 Å². The van der Waals surface area contributed by atoms with E-state index in [0.29, 0.717) is 27.2 Å². The van der Waals surface area contributed by atoms with Crippen molar-refractivity contribution in [3.8, 4) is 17.1 Å². The summed E-state index contributed by atoms with van der Waals surface area (Å²) in [5.41, 5.74) is 0.992. The van der Waals surface area contributed by atoms with Gasteiger partial charge in [-0.15, -0.1) is 0 Å². The molecule has 9 heteroatoms. The number of aromatic nitrogens is 2. The van der Waals surface area contributed by atoms with E-state index in [9.17, 15) is 14.0 Å². The number of methoxy groups -OCH3 is 1. The fraction of sp³-hybridized carbons (Fsp3) is 0.200. The van der Waals surface area contributed by atoms with Gasteiger partial charge in [0.05, 0.1) is 18.0 Å². The molecule has 3 rings (SSSR count). The van der Waals surface area contributed by atoms with Gasteiger partial charge in [-0.1, -0.05) is 5.16 Å². The Balaban J connectivity index is 1.48. The molecular weight excluding hydrogens is 447 g/mol. The second kappa shape index (κ2) is 9.42. The van der Waals surface area contributed by atoms with Crippen molar-refractivity contribution in [2.45, 2.75) is 12.8 Å². The highest BCUT2D eigenvalue weighted by Crippen LogP contribution is 2.25. The smallest absolute Gasteiger partial charge is 0.306 e. The molecule has 0 radical (unpaired) electrons. The van der Waals surface area contributed by atoms with Crippen molar-refractivity contribution in [3.05, 3.63) is 64.2 Å². The maximum absolute atomic E-state index is 13.0. The molecule has 0 unspecified atom stereocenters. The first-order valence-electron chi connectivity index (χ1n) is 8.57. The Morgan fingerprint density at radius 1 is 1.17 bits per heavy atom. The second-order valence-electron chi connectivity index (χ2n) is 5.95. The van der Waals surface area contributed by atoms with E-state index in [-0.39, 0.29) is 36.9 Å². The van der Waals surface area contributed by atoms with Gasteiger partial charge in [-0.25, -0.2) is 4.39 Å². The third kappa shape index (κ3) is 5.47. The first-order chi connectivity index (χ1) is 14.0. The van der Waals surface area contributed by atoms with Crippen LogP contribution in [0, 0.1) is 5.82 Å². The van der Waals surface area contributed by atoms with E-state index in [1.165, 1.54) is 31.4 Å². The number of esters is 1. The van der Waals surface area contributed by atoms with Crippen LogP contribution in [0.25, 0.3) is 11.4 Å². The number of carbonyl (C=O) groups excluding carboxylic acids is 2. The molecule has 0 saturated heterocycles. The van der Waals surface area contributed by atoms with Crippen molar-refractivity contribution in [2.24, 2.45) is 0 Å². The minimum absolute atomic E-state index is 0.0232. The van der Waals surface area contributed by atoms with Gasteiger partial charge < -0.3 is 14.0 Å². The summed E-state index contributed by atoms with van der Waals surface area (Å²) < 4.78 is 28.8. The molecule has 0 saturated carbocycles. The molecule has 1 aromatic heterocycles. The zero-order chi connectivity index (χ0) is 20.8. The monoisotopic (exact) mass is 462 g/mol. The summed E-state index contributed by atoms with van der Waals surface area (Å²) in [6, 6.07) is 10.5. The van der Waals surface area contributed by atoms with Crippen LogP contribution in [0.1, 0.15) is 22.7 Å². The molecule has 3 aromatic rings. The summed E-state index contributed by atoms with van der Waals surface area (Å²) in [6.07, 6.45) is 0.139. The summed E-state index contributed by atoms with van der Waals surface area (Å²) in [5.74, 6) is -0.124. The van der Waals surface area contributed by atoms with Crippen LogP contribution in [0.5, 0.6) is 5.75 Å². The molecular formula is C20H16BrFN2O5. The summed E-state index contributed by atoms with van der Waals surface area (Å²) in [4.78, 5) is 28.2. The van der Waals surface area contributed by atoms with Crippen molar-refractivity contribution in [2.75, 3.05) is 13.7 Å². The SMILES string of the molecule is COc1ccc(C(=O)COC(=O)CCc2nc(-c3ccc(F)cc3)no2)cc1Br. The molecule has 0 N–H and O–H groups in total. The van der Waals surface area contributed by atoms with Gasteiger partial charge in [-0.3, -0.25) is 9.59 Å². The van der Waals surface area contributed by atoms with E-state index in [1.54, 1.807) is 18.2 Å². The Labute approximate surface area is 174 Å². The van der Waals surface area contributed by atoms with E-state index in [1.807, 2.05) is 0 Å². The summed E-state index contributed by atoms with van der Waals surface area (Å²) >= 11 is 3.30. The molecule has 0 aliphatic rings. The van der Waals surface area contributed by atoms with Gasteiger partial charge in [-0.2, -0.15) is 4.98 Å². The van der Waals surface area contributed by atoms with Crippen LogP contribution in [-0.2, 0) is 16.0 Å². The number of hydrogen-bond donors (Lipinski definition) is 0. The highest BCUT2D eigenvalue weighted by Gasteiger charge is 2.14. The molecule has 1 heterocycles. The van der Waals surface area contributed by atoms with Crippen molar-refractivity contribution in [3.63, 3.8) is 0 Å². The summed E-state index contributed by atoms with van der Waals surface area (Å²) in [7, 11) is 1.52. The van der Waals surface area contributed by atoms with Crippen LogP contribution in [0.15, 0.2) is 51.5 Å². The van der Waals surface area contributed by atoms with Gasteiger partial charge in [0.2, 0.25) is 11.7 Å². The van der Waals surface area contributed by atoms with E-state index in [0.717, 1.165) is 0 Å². The van der Waals surface area contributed by atoms with Gasteiger partial charge in [0.25, 0.3) is 0 Å². The van der Waals surface area contributed by atoms with Gasteiger partial charge >= 0.3 is 5.97 Å². The van der Waals surface area contributed by atoms with Gasteiger partial charge in [0, 0.05) is 17.5 Å². The number of nitrogens with zero attached hydrogens (tertiary/aromatic N) is 2. The van der Waals surface area contributed by atoms with Crippen molar-refractivity contribution in [1.82, 2.24) is 10.1 Å². The van der Waals surface area contributed by atoms with E-state index in [2.05, 4.69) is 26.1 Å². The number of Topliss-reactive ketones (excluding diaryl/α,β-unsaturated/α-hetero) is 1. The van der Waals surface area contributed by atoms with Crippen LogP contribution < -0.4 is 4.74 Å². The lowest BCUT2D eigenvalue weighted by Crippen LogP contribution is -2.14. The molecule has 0 spiro atoms. The Bertz CT molecular complexity index is 1020. The summed E-state index contributed by atoms with van der Waals surface area (Å²) in [5, 5.41) is 3.80.